The lowest BCUT2D eigenvalue weighted by atomic mass is 10.1. The largest absolute Gasteiger partial charge is 0.492 e. The van der Waals surface area contributed by atoms with Crippen molar-refractivity contribution in [3.63, 3.8) is 0 Å². The highest BCUT2D eigenvalue weighted by atomic mass is 16.5. The summed E-state index contributed by atoms with van der Waals surface area (Å²) in [6, 6.07) is 3.78. The Morgan fingerprint density at radius 2 is 2.00 bits per heavy atom. The molecule has 0 aliphatic carbocycles. The molecule has 1 aromatic carbocycles. The Labute approximate surface area is 103 Å². The number of carbonyl (C=O) groups excluding carboxylic acids is 1. The van der Waals surface area contributed by atoms with Gasteiger partial charge in [0.25, 0.3) is 5.91 Å². The standard InChI is InChI=1S/C14H21NO2/c1-4-5-6-7-17-13-11(3)8-10(2)9-12(13)14(15)16/h8-9H,4-7H2,1-3H3,(H2,15,16). The summed E-state index contributed by atoms with van der Waals surface area (Å²) < 4.78 is 5.69. The fourth-order valence-electron chi connectivity index (χ4n) is 1.86. The smallest absolute Gasteiger partial charge is 0.252 e. The Balaban J connectivity index is 2.85. The number of nitrogens with two attached hydrogens (primary N) is 1. The van der Waals surface area contributed by atoms with E-state index in [1.807, 2.05) is 19.9 Å². The van der Waals surface area contributed by atoms with E-state index < -0.39 is 5.91 Å². The van der Waals surface area contributed by atoms with Crippen LogP contribution in [-0.2, 0) is 0 Å². The number of primary amides is 1. The summed E-state index contributed by atoms with van der Waals surface area (Å²) in [5, 5.41) is 0. The molecule has 94 valence electrons. The molecule has 1 rings (SSSR count). The third-order valence-electron chi connectivity index (χ3n) is 2.68. The molecule has 0 saturated heterocycles. The molecule has 0 fully saturated rings. The number of aryl methyl sites for hydroxylation is 2. The topological polar surface area (TPSA) is 52.3 Å². The number of hydrogen-bond acceptors (Lipinski definition) is 2. The molecule has 0 aliphatic heterocycles. The van der Waals surface area contributed by atoms with Gasteiger partial charge in [0.15, 0.2) is 0 Å². The fourth-order valence-corrected chi connectivity index (χ4v) is 1.86. The number of hydrogen-bond donors (Lipinski definition) is 1. The summed E-state index contributed by atoms with van der Waals surface area (Å²) in [5.74, 6) is 0.210. The molecule has 0 radical (unpaired) electrons. The van der Waals surface area contributed by atoms with Crippen molar-refractivity contribution in [1.82, 2.24) is 0 Å². The molecule has 0 saturated carbocycles. The average Bonchev–Trinajstić information content (AvgIpc) is 2.25. The molecule has 3 heteroatoms. The summed E-state index contributed by atoms with van der Waals surface area (Å²) in [4.78, 5) is 11.4. The number of unbranched alkanes of at least 4 members (excludes halogenated alkanes) is 2. The van der Waals surface area contributed by atoms with E-state index in [2.05, 4.69) is 6.92 Å². The first-order valence-corrected chi connectivity index (χ1v) is 6.10. The Kier molecular flexibility index (Phi) is 5.01. The second-order valence-corrected chi connectivity index (χ2v) is 4.38. The van der Waals surface area contributed by atoms with Crippen LogP contribution in [0.25, 0.3) is 0 Å². The van der Waals surface area contributed by atoms with E-state index >= 15 is 0 Å². The molecule has 2 N–H and O–H groups in total. The van der Waals surface area contributed by atoms with Gasteiger partial charge in [-0.05, 0) is 37.5 Å². The molecule has 1 amide bonds. The molecule has 0 bridgehead atoms. The van der Waals surface area contributed by atoms with E-state index in [-0.39, 0.29) is 0 Å². The van der Waals surface area contributed by atoms with Crippen molar-refractivity contribution < 1.29 is 9.53 Å². The van der Waals surface area contributed by atoms with E-state index in [9.17, 15) is 4.79 Å². The van der Waals surface area contributed by atoms with Gasteiger partial charge in [-0.3, -0.25) is 4.79 Å². The van der Waals surface area contributed by atoms with Crippen molar-refractivity contribution in [3.05, 3.63) is 28.8 Å². The zero-order chi connectivity index (χ0) is 12.8. The van der Waals surface area contributed by atoms with Crippen molar-refractivity contribution in [2.75, 3.05) is 6.61 Å². The molecular formula is C14H21NO2. The van der Waals surface area contributed by atoms with Gasteiger partial charge >= 0.3 is 0 Å². The van der Waals surface area contributed by atoms with Gasteiger partial charge in [-0.15, -0.1) is 0 Å². The van der Waals surface area contributed by atoms with E-state index in [0.717, 1.165) is 30.4 Å². The van der Waals surface area contributed by atoms with E-state index in [1.54, 1.807) is 6.07 Å². The molecule has 3 nitrogen and oxygen atoms in total. The third-order valence-corrected chi connectivity index (χ3v) is 2.68. The van der Waals surface area contributed by atoms with Gasteiger partial charge in [0.2, 0.25) is 0 Å². The van der Waals surface area contributed by atoms with Crippen LogP contribution in [0, 0.1) is 13.8 Å². The first kappa shape index (κ1) is 13.6. The second-order valence-electron chi connectivity index (χ2n) is 4.38. The van der Waals surface area contributed by atoms with Gasteiger partial charge in [0.05, 0.1) is 12.2 Å². The number of benzene rings is 1. The van der Waals surface area contributed by atoms with Crippen LogP contribution in [0.1, 0.15) is 47.7 Å². The van der Waals surface area contributed by atoms with Crippen LogP contribution in [0.2, 0.25) is 0 Å². The van der Waals surface area contributed by atoms with Crippen molar-refractivity contribution in [1.29, 1.82) is 0 Å². The van der Waals surface area contributed by atoms with Crippen LogP contribution in [-0.4, -0.2) is 12.5 Å². The predicted molar refractivity (Wildman–Crippen MR) is 69.5 cm³/mol. The summed E-state index contributed by atoms with van der Waals surface area (Å²) in [7, 11) is 0. The van der Waals surface area contributed by atoms with E-state index in [1.165, 1.54) is 0 Å². The first-order valence-electron chi connectivity index (χ1n) is 6.10. The highest BCUT2D eigenvalue weighted by Crippen LogP contribution is 2.25. The minimum absolute atomic E-state index is 0.428. The quantitative estimate of drug-likeness (QED) is 0.771. The first-order chi connectivity index (χ1) is 8.06. The van der Waals surface area contributed by atoms with Gasteiger partial charge < -0.3 is 10.5 Å². The van der Waals surface area contributed by atoms with Gasteiger partial charge in [-0.25, -0.2) is 0 Å². The van der Waals surface area contributed by atoms with Crippen molar-refractivity contribution in [2.24, 2.45) is 5.73 Å². The minimum Gasteiger partial charge on any atom is -0.492 e. The predicted octanol–water partition coefficient (Wildman–Crippen LogP) is 2.97. The monoisotopic (exact) mass is 235 g/mol. The number of ether oxygens (including phenoxy) is 1. The highest BCUT2D eigenvalue weighted by molar-refractivity contribution is 5.96. The molecule has 0 atom stereocenters. The molecule has 0 aromatic heterocycles. The lowest BCUT2D eigenvalue weighted by Crippen LogP contribution is -2.14. The van der Waals surface area contributed by atoms with Gasteiger partial charge in [-0.1, -0.05) is 25.8 Å². The van der Waals surface area contributed by atoms with Crippen molar-refractivity contribution >= 4 is 5.91 Å². The van der Waals surface area contributed by atoms with Crippen molar-refractivity contribution in [2.45, 2.75) is 40.0 Å². The molecular weight excluding hydrogens is 214 g/mol. The van der Waals surface area contributed by atoms with Crippen LogP contribution < -0.4 is 10.5 Å². The molecule has 1 aromatic rings. The Morgan fingerprint density at radius 1 is 1.29 bits per heavy atom. The second kappa shape index (κ2) is 6.28. The molecule has 0 heterocycles. The number of carbonyl (C=O) groups is 1. The Hall–Kier alpha value is -1.51. The molecule has 0 unspecified atom stereocenters. The summed E-state index contributed by atoms with van der Waals surface area (Å²) in [5.41, 5.74) is 7.84. The Morgan fingerprint density at radius 3 is 2.59 bits per heavy atom. The SMILES string of the molecule is CCCCCOc1c(C)cc(C)cc1C(N)=O. The number of amides is 1. The van der Waals surface area contributed by atoms with Crippen LogP contribution in [0.3, 0.4) is 0 Å². The van der Waals surface area contributed by atoms with E-state index in [4.69, 9.17) is 10.5 Å². The fraction of sp³-hybridized carbons (Fsp3) is 0.500. The van der Waals surface area contributed by atoms with Crippen LogP contribution in [0.5, 0.6) is 5.75 Å². The normalized spacial score (nSPS) is 10.3. The van der Waals surface area contributed by atoms with Crippen LogP contribution >= 0.6 is 0 Å². The maximum Gasteiger partial charge on any atom is 0.252 e. The van der Waals surface area contributed by atoms with Gasteiger partial charge in [0, 0.05) is 0 Å². The lowest BCUT2D eigenvalue weighted by Gasteiger charge is -2.13. The van der Waals surface area contributed by atoms with Crippen molar-refractivity contribution in [3.8, 4) is 5.75 Å². The molecule has 17 heavy (non-hydrogen) atoms. The highest BCUT2D eigenvalue weighted by Gasteiger charge is 2.12. The summed E-state index contributed by atoms with van der Waals surface area (Å²) >= 11 is 0. The van der Waals surface area contributed by atoms with Crippen LogP contribution in [0.15, 0.2) is 12.1 Å². The van der Waals surface area contributed by atoms with Crippen LogP contribution in [0.4, 0.5) is 0 Å². The van der Waals surface area contributed by atoms with Gasteiger partial charge in [-0.2, -0.15) is 0 Å². The summed E-state index contributed by atoms with van der Waals surface area (Å²) in [6.45, 7) is 6.67. The van der Waals surface area contributed by atoms with E-state index in [0.29, 0.717) is 17.9 Å². The molecule has 0 aliphatic rings. The average molecular weight is 235 g/mol. The maximum atomic E-state index is 11.4. The maximum absolute atomic E-state index is 11.4. The Bertz CT molecular complexity index is 399. The zero-order valence-electron chi connectivity index (χ0n) is 10.9. The lowest BCUT2D eigenvalue weighted by molar-refractivity contribution is 0.0996. The molecule has 0 spiro atoms. The number of rotatable bonds is 6. The van der Waals surface area contributed by atoms with Gasteiger partial charge in [0.1, 0.15) is 5.75 Å². The third kappa shape index (κ3) is 3.77. The minimum atomic E-state index is -0.428. The zero-order valence-corrected chi connectivity index (χ0v) is 10.9. The summed E-state index contributed by atoms with van der Waals surface area (Å²) in [6.07, 6.45) is 3.29.